The van der Waals surface area contributed by atoms with Crippen molar-refractivity contribution in [3.05, 3.63) is 88.4 Å². The van der Waals surface area contributed by atoms with Gasteiger partial charge in [0.1, 0.15) is 6.67 Å². The van der Waals surface area contributed by atoms with Gasteiger partial charge in [0.2, 0.25) is 5.82 Å². The van der Waals surface area contributed by atoms with Crippen LogP contribution >= 0.6 is 0 Å². The number of aryl methyl sites for hydroxylation is 1. The van der Waals surface area contributed by atoms with Gasteiger partial charge in [0, 0.05) is 55.7 Å². The fourth-order valence-electron chi connectivity index (χ4n) is 4.28. The van der Waals surface area contributed by atoms with Gasteiger partial charge in [-0.3, -0.25) is 9.69 Å². The molecule has 37 heavy (non-hydrogen) atoms. The van der Waals surface area contributed by atoms with E-state index >= 15 is 0 Å². The number of fused-ring (bicyclic) bond motifs is 1. The number of anilines is 1. The Labute approximate surface area is 215 Å². The third-order valence-corrected chi connectivity index (χ3v) is 6.58. The highest BCUT2D eigenvalue weighted by Gasteiger charge is 2.16. The van der Waals surface area contributed by atoms with Gasteiger partial charge in [0.15, 0.2) is 5.65 Å². The van der Waals surface area contributed by atoms with Gasteiger partial charge < -0.3 is 10.2 Å². The predicted octanol–water partition coefficient (Wildman–Crippen LogP) is 3.30. The van der Waals surface area contributed by atoms with Crippen LogP contribution < -0.4 is 5.32 Å². The number of rotatable bonds is 5. The van der Waals surface area contributed by atoms with Crippen LogP contribution in [0.15, 0.2) is 54.7 Å². The molecule has 5 rings (SSSR count). The number of likely N-dealkylation sites (N-methyl/N-ethyl adjacent to an activating group) is 1. The normalized spacial score (nSPS) is 14.4. The van der Waals surface area contributed by atoms with Crippen molar-refractivity contribution in [3.8, 4) is 11.8 Å². The van der Waals surface area contributed by atoms with Crippen molar-refractivity contribution in [1.82, 2.24) is 29.6 Å². The minimum Gasteiger partial charge on any atom is -0.322 e. The van der Waals surface area contributed by atoms with Crippen LogP contribution in [-0.2, 0) is 13.2 Å². The summed E-state index contributed by atoms with van der Waals surface area (Å²) in [5.74, 6) is 6.21. The molecule has 0 atom stereocenters. The van der Waals surface area contributed by atoms with E-state index < -0.39 is 6.67 Å². The Hall–Kier alpha value is -4.13. The van der Waals surface area contributed by atoms with E-state index in [1.165, 1.54) is 0 Å². The van der Waals surface area contributed by atoms with Crippen molar-refractivity contribution in [1.29, 1.82) is 0 Å². The minimum atomic E-state index is -0.580. The number of benzene rings is 2. The first-order valence-electron chi connectivity index (χ1n) is 12.2. The van der Waals surface area contributed by atoms with Crippen molar-refractivity contribution < 1.29 is 9.18 Å². The topological polar surface area (TPSA) is 78.7 Å². The fourth-order valence-corrected chi connectivity index (χ4v) is 4.28. The highest BCUT2D eigenvalue weighted by Crippen LogP contribution is 2.21. The molecular weight excluding hydrogens is 469 g/mol. The molecule has 0 unspecified atom stereocenters. The third-order valence-electron chi connectivity index (χ3n) is 6.58. The molecular formula is C28H28FN7O. The lowest BCUT2D eigenvalue weighted by Gasteiger charge is -2.32. The van der Waals surface area contributed by atoms with Gasteiger partial charge in [-0.1, -0.05) is 18.1 Å². The number of amides is 1. The van der Waals surface area contributed by atoms with Crippen molar-refractivity contribution >= 4 is 17.2 Å². The number of alkyl halides is 1. The van der Waals surface area contributed by atoms with Gasteiger partial charge in [-0.05, 0) is 73.0 Å². The van der Waals surface area contributed by atoms with Gasteiger partial charge in [-0.2, -0.15) is 9.61 Å². The summed E-state index contributed by atoms with van der Waals surface area (Å²) in [6.07, 6.45) is 1.64. The monoisotopic (exact) mass is 497 g/mol. The summed E-state index contributed by atoms with van der Waals surface area (Å²) < 4.78 is 15.4. The standard InChI is InChI=1S/C28H28FN7O/c1-20-5-6-22(16-21(20)8-10-27-33-32-26-4-3-11-30-36(26)27)28(37)31-25-9-7-23(24(17-25)18-29)19-35-14-12-34(2)13-15-35/h3-7,9,11,16-17H,12-15,18-19H2,1-2H3,(H,31,37). The predicted molar refractivity (Wildman–Crippen MR) is 140 cm³/mol. The van der Waals surface area contributed by atoms with Crippen LogP contribution in [0.2, 0.25) is 0 Å². The van der Waals surface area contributed by atoms with Crippen LogP contribution in [0, 0.1) is 18.8 Å². The molecule has 0 aliphatic carbocycles. The molecule has 1 N–H and O–H groups in total. The summed E-state index contributed by atoms with van der Waals surface area (Å²) in [6.45, 7) is 6.00. The lowest BCUT2D eigenvalue weighted by Crippen LogP contribution is -2.44. The minimum absolute atomic E-state index is 0.283. The first kappa shape index (κ1) is 24.6. The van der Waals surface area contributed by atoms with E-state index in [4.69, 9.17) is 0 Å². The summed E-state index contributed by atoms with van der Waals surface area (Å²) in [6, 6.07) is 14.4. The third kappa shape index (κ3) is 5.66. The number of piperazine rings is 1. The average Bonchev–Trinajstić information content (AvgIpc) is 3.33. The fraction of sp³-hybridized carbons (Fsp3) is 0.286. The number of hydrogen-bond acceptors (Lipinski definition) is 6. The van der Waals surface area contributed by atoms with E-state index in [1.54, 1.807) is 41.0 Å². The first-order valence-corrected chi connectivity index (χ1v) is 12.2. The number of carbonyl (C=O) groups is 1. The molecule has 4 aromatic rings. The second kappa shape index (κ2) is 10.9. The second-order valence-electron chi connectivity index (χ2n) is 9.25. The second-order valence-corrected chi connectivity index (χ2v) is 9.25. The molecule has 8 nitrogen and oxygen atoms in total. The quantitative estimate of drug-likeness (QED) is 0.427. The summed E-state index contributed by atoms with van der Waals surface area (Å²) in [5, 5.41) is 15.3. The van der Waals surface area contributed by atoms with Gasteiger partial charge in [-0.15, -0.1) is 10.2 Å². The van der Waals surface area contributed by atoms with Crippen molar-refractivity contribution in [3.63, 3.8) is 0 Å². The van der Waals surface area contributed by atoms with E-state index in [-0.39, 0.29) is 5.91 Å². The van der Waals surface area contributed by atoms with Gasteiger partial charge in [0.05, 0.1) is 0 Å². The molecule has 3 heterocycles. The first-order chi connectivity index (χ1) is 18.0. The molecule has 188 valence electrons. The van der Waals surface area contributed by atoms with E-state index in [0.29, 0.717) is 40.4 Å². The molecule has 2 aromatic carbocycles. The number of halogens is 1. The van der Waals surface area contributed by atoms with Crippen LogP contribution in [-0.4, -0.2) is 68.7 Å². The number of carbonyl (C=O) groups excluding carboxylic acids is 1. The molecule has 0 radical (unpaired) electrons. The highest BCUT2D eigenvalue weighted by molar-refractivity contribution is 6.04. The molecule has 2 aromatic heterocycles. The van der Waals surface area contributed by atoms with Crippen LogP contribution in [0.5, 0.6) is 0 Å². The Morgan fingerprint density at radius 2 is 1.86 bits per heavy atom. The van der Waals surface area contributed by atoms with E-state index in [2.05, 4.69) is 49.3 Å². The smallest absolute Gasteiger partial charge is 0.255 e. The Bertz CT molecular complexity index is 1500. The molecule has 1 aliphatic heterocycles. The SMILES string of the molecule is Cc1ccc(C(=O)Nc2ccc(CN3CCN(C)CC3)c(CF)c2)cc1C#Cc1nnc2cccnn12. The molecule has 0 spiro atoms. The number of nitrogens with zero attached hydrogens (tertiary/aromatic N) is 6. The average molecular weight is 498 g/mol. The molecule has 1 saturated heterocycles. The Balaban J connectivity index is 1.31. The molecule has 0 saturated carbocycles. The van der Waals surface area contributed by atoms with Crippen molar-refractivity contribution in [2.45, 2.75) is 20.1 Å². The lowest BCUT2D eigenvalue weighted by molar-refractivity contribution is 0.102. The van der Waals surface area contributed by atoms with E-state index in [1.807, 2.05) is 25.1 Å². The van der Waals surface area contributed by atoms with Gasteiger partial charge in [-0.25, -0.2) is 4.39 Å². The Morgan fingerprint density at radius 3 is 2.68 bits per heavy atom. The van der Waals surface area contributed by atoms with Gasteiger partial charge >= 0.3 is 0 Å². The van der Waals surface area contributed by atoms with Gasteiger partial charge in [0.25, 0.3) is 5.91 Å². The Morgan fingerprint density at radius 1 is 1.03 bits per heavy atom. The maximum Gasteiger partial charge on any atom is 0.255 e. The zero-order chi connectivity index (χ0) is 25.8. The van der Waals surface area contributed by atoms with Crippen LogP contribution in [0.1, 0.15) is 38.4 Å². The zero-order valence-electron chi connectivity index (χ0n) is 20.9. The lowest BCUT2D eigenvalue weighted by atomic mass is 10.0. The molecule has 1 fully saturated rings. The van der Waals surface area contributed by atoms with Crippen molar-refractivity contribution in [2.24, 2.45) is 0 Å². The van der Waals surface area contributed by atoms with Crippen molar-refractivity contribution in [2.75, 3.05) is 38.5 Å². The molecule has 9 heteroatoms. The maximum atomic E-state index is 13.9. The van der Waals surface area contributed by atoms with Crippen LogP contribution in [0.3, 0.4) is 0 Å². The zero-order valence-corrected chi connectivity index (χ0v) is 20.9. The highest BCUT2D eigenvalue weighted by atomic mass is 19.1. The number of aromatic nitrogens is 4. The molecule has 1 amide bonds. The maximum absolute atomic E-state index is 13.9. The summed E-state index contributed by atoms with van der Waals surface area (Å²) >= 11 is 0. The summed E-state index contributed by atoms with van der Waals surface area (Å²) in [7, 11) is 2.11. The van der Waals surface area contributed by atoms with Crippen LogP contribution in [0.25, 0.3) is 5.65 Å². The number of hydrogen-bond donors (Lipinski definition) is 1. The molecule has 1 aliphatic rings. The Kier molecular flexibility index (Phi) is 7.21. The van der Waals surface area contributed by atoms with Crippen LogP contribution in [0.4, 0.5) is 10.1 Å². The summed E-state index contributed by atoms with van der Waals surface area (Å²) in [4.78, 5) is 17.6. The number of nitrogens with one attached hydrogen (secondary N) is 1. The largest absolute Gasteiger partial charge is 0.322 e. The van der Waals surface area contributed by atoms with E-state index in [0.717, 1.165) is 37.3 Å². The summed E-state index contributed by atoms with van der Waals surface area (Å²) in [5.41, 5.74) is 4.82. The van der Waals surface area contributed by atoms with E-state index in [9.17, 15) is 9.18 Å². The molecule has 0 bridgehead atoms.